The molecule has 0 saturated heterocycles. The highest BCUT2D eigenvalue weighted by molar-refractivity contribution is 5.30. The number of nitrogens with zero attached hydrogens (tertiary/aromatic N) is 4. The summed E-state index contributed by atoms with van der Waals surface area (Å²) in [6.45, 7) is 1.76. The predicted octanol–water partition coefficient (Wildman–Crippen LogP) is 0.976. The molecule has 5 nitrogen and oxygen atoms in total. The monoisotopic (exact) mass is 218 g/mol. The smallest absolute Gasteiger partial charge is 0.156 e. The number of hydrogen-bond donors (Lipinski definition) is 1. The minimum absolute atomic E-state index is 0.332. The van der Waals surface area contributed by atoms with Gasteiger partial charge in [0.25, 0.3) is 0 Å². The first-order valence-electron chi connectivity index (χ1n) is 5.28. The average Bonchev–Trinajstić information content (AvgIpc) is 2.75. The topological polar surface area (TPSA) is 63.8 Å². The summed E-state index contributed by atoms with van der Waals surface area (Å²) in [5.74, 6) is 0.770. The maximum absolute atomic E-state index is 9.23. The molecule has 1 aromatic heterocycles. The summed E-state index contributed by atoms with van der Waals surface area (Å²) in [5, 5.41) is 20.8. The average molecular weight is 218 g/mol. The van der Waals surface area contributed by atoms with Crippen molar-refractivity contribution in [3.8, 4) is 5.69 Å². The summed E-state index contributed by atoms with van der Waals surface area (Å²) in [4.78, 5) is 0. The summed E-state index contributed by atoms with van der Waals surface area (Å²) >= 11 is 0. The summed E-state index contributed by atoms with van der Waals surface area (Å²) in [6.07, 6.45) is 0.994. The van der Waals surface area contributed by atoms with Crippen LogP contribution in [-0.2, 0) is 6.42 Å². The largest absolute Gasteiger partial charge is 0.393 e. The van der Waals surface area contributed by atoms with Crippen LogP contribution in [0.2, 0.25) is 0 Å². The molecule has 0 amide bonds. The Labute approximate surface area is 93.7 Å². The van der Waals surface area contributed by atoms with E-state index in [1.807, 2.05) is 30.3 Å². The van der Waals surface area contributed by atoms with Crippen molar-refractivity contribution >= 4 is 0 Å². The zero-order valence-electron chi connectivity index (χ0n) is 9.11. The van der Waals surface area contributed by atoms with E-state index in [-0.39, 0.29) is 6.10 Å². The highest BCUT2D eigenvalue weighted by Crippen LogP contribution is 2.09. The van der Waals surface area contributed by atoms with E-state index in [9.17, 15) is 5.11 Å². The Balaban J connectivity index is 2.19. The summed E-state index contributed by atoms with van der Waals surface area (Å²) in [5.41, 5.74) is 0.938. The second-order valence-corrected chi connectivity index (χ2v) is 3.73. The third kappa shape index (κ3) is 2.43. The first kappa shape index (κ1) is 10.8. The van der Waals surface area contributed by atoms with Crippen LogP contribution in [-0.4, -0.2) is 31.4 Å². The molecule has 1 atom stereocenters. The van der Waals surface area contributed by atoms with Crippen LogP contribution in [0.5, 0.6) is 0 Å². The molecule has 0 aliphatic heterocycles. The van der Waals surface area contributed by atoms with Gasteiger partial charge in [0.2, 0.25) is 0 Å². The van der Waals surface area contributed by atoms with E-state index < -0.39 is 0 Å². The van der Waals surface area contributed by atoms with Crippen LogP contribution < -0.4 is 0 Å². The summed E-state index contributed by atoms with van der Waals surface area (Å²) in [7, 11) is 0. The minimum atomic E-state index is -0.332. The van der Waals surface area contributed by atoms with E-state index in [2.05, 4.69) is 15.5 Å². The molecule has 0 fully saturated rings. The molecule has 1 aromatic carbocycles. The van der Waals surface area contributed by atoms with Crippen molar-refractivity contribution in [3.63, 3.8) is 0 Å². The Kier molecular flexibility index (Phi) is 3.26. The van der Waals surface area contributed by atoms with Gasteiger partial charge in [0.15, 0.2) is 5.82 Å². The maximum atomic E-state index is 9.23. The first-order valence-corrected chi connectivity index (χ1v) is 5.28. The molecule has 0 radical (unpaired) electrons. The number of aryl methyl sites for hydroxylation is 1. The second kappa shape index (κ2) is 4.85. The number of rotatable bonds is 4. The van der Waals surface area contributed by atoms with Gasteiger partial charge in [-0.25, -0.2) is 0 Å². The lowest BCUT2D eigenvalue weighted by molar-refractivity contribution is 0.184. The van der Waals surface area contributed by atoms with Crippen LogP contribution in [0, 0.1) is 0 Å². The molecular formula is C11H14N4O. The van der Waals surface area contributed by atoms with Crippen molar-refractivity contribution < 1.29 is 5.11 Å². The van der Waals surface area contributed by atoms with Gasteiger partial charge in [0.05, 0.1) is 11.8 Å². The number of aromatic nitrogens is 4. The number of tetrazole rings is 1. The molecule has 1 heterocycles. The van der Waals surface area contributed by atoms with E-state index >= 15 is 0 Å². The third-order valence-corrected chi connectivity index (χ3v) is 2.32. The van der Waals surface area contributed by atoms with Crippen molar-refractivity contribution in [1.82, 2.24) is 20.2 Å². The van der Waals surface area contributed by atoms with Crippen molar-refractivity contribution in [2.45, 2.75) is 25.9 Å². The summed E-state index contributed by atoms with van der Waals surface area (Å²) in [6, 6.07) is 9.72. The lowest BCUT2D eigenvalue weighted by Gasteiger charge is -2.05. The van der Waals surface area contributed by atoms with Crippen LogP contribution >= 0.6 is 0 Å². The standard InChI is InChI=1S/C11H14N4O/c1-9(16)7-8-11-12-13-14-15(11)10-5-3-2-4-6-10/h2-6,9,16H,7-8H2,1H3. The normalized spacial score (nSPS) is 12.6. The van der Waals surface area contributed by atoms with Crippen LogP contribution in [0.1, 0.15) is 19.2 Å². The number of hydrogen-bond acceptors (Lipinski definition) is 4. The fourth-order valence-corrected chi connectivity index (χ4v) is 1.47. The number of para-hydroxylation sites is 1. The SMILES string of the molecule is CC(O)CCc1nnnn1-c1ccccc1. The van der Waals surface area contributed by atoms with Crippen molar-refractivity contribution in [2.75, 3.05) is 0 Å². The lowest BCUT2D eigenvalue weighted by atomic mass is 10.2. The van der Waals surface area contributed by atoms with Gasteiger partial charge in [-0.05, 0) is 35.9 Å². The molecule has 1 unspecified atom stereocenters. The van der Waals surface area contributed by atoms with Crippen molar-refractivity contribution in [3.05, 3.63) is 36.2 Å². The van der Waals surface area contributed by atoms with Crippen LogP contribution in [0.15, 0.2) is 30.3 Å². The molecule has 0 aliphatic carbocycles. The quantitative estimate of drug-likeness (QED) is 0.830. The Hall–Kier alpha value is -1.75. The van der Waals surface area contributed by atoms with E-state index in [0.717, 1.165) is 11.5 Å². The highest BCUT2D eigenvalue weighted by Gasteiger charge is 2.08. The number of aliphatic hydroxyl groups excluding tert-OH is 1. The molecule has 0 spiro atoms. The van der Waals surface area contributed by atoms with Gasteiger partial charge in [-0.15, -0.1) is 5.10 Å². The van der Waals surface area contributed by atoms with E-state index in [1.165, 1.54) is 0 Å². The fraction of sp³-hybridized carbons (Fsp3) is 0.364. The van der Waals surface area contributed by atoms with Gasteiger partial charge in [-0.1, -0.05) is 18.2 Å². The Morgan fingerprint density at radius 3 is 2.75 bits per heavy atom. The van der Waals surface area contributed by atoms with E-state index in [1.54, 1.807) is 11.6 Å². The van der Waals surface area contributed by atoms with Crippen LogP contribution in [0.3, 0.4) is 0 Å². The van der Waals surface area contributed by atoms with Gasteiger partial charge in [-0.2, -0.15) is 4.68 Å². The minimum Gasteiger partial charge on any atom is -0.393 e. The Bertz CT molecular complexity index is 438. The zero-order valence-corrected chi connectivity index (χ0v) is 9.11. The van der Waals surface area contributed by atoms with Gasteiger partial charge >= 0.3 is 0 Å². The first-order chi connectivity index (χ1) is 7.77. The third-order valence-electron chi connectivity index (χ3n) is 2.32. The molecular weight excluding hydrogens is 204 g/mol. The van der Waals surface area contributed by atoms with E-state index in [4.69, 9.17) is 0 Å². The number of benzene rings is 1. The lowest BCUT2D eigenvalue weighted by Crippen LogP contribution is -2.07. The van der Waals surface area contributed by atoms with Gasteiger partial charge in [0, 0.05) is 6.42 Å². The zero-order chi connectivity index (χ0) is 11.4. The molecule has 16 heavy (non-hydrogen) atoms. The van der Waals surface area contributed by atoms with E-state index in [0.29, 0.717) is 12.8 Å². The highest BCUT2D eigenvalue weighted by atomic mass is 16.3. The molecule has 2 aromatic rings. The van der Waals surface area contributed by atoms with Crippen molar-refractivity contribution in [1.29, 1.82) is 0 Å². The molecule has 84 valence electrons. The van der Waals surface area contributed by atoms with Crippen LogP contribution in [0.25, 0.3) is 5.69 Å². The Morgan fingerprint density at radius 1 is 1.31 bits per heavy atom. The van der Waals surface area contributed by atoms with Gasteiger partial charge in [-0.3, -0.25) is 0 Å². The summed E-state index contributed by atoms with van der Waals surface area (Å²) < 4.78 is 1.70. The fourth-order valence-electron chi connectivity index (χ4n) is 1.47. The maximum Gasteiger partial charge on any atom is 0.156 e. The second-order valence-electron chi connectivity index (χ2n) is 3.73. The molecule has 0 saturated carbocycles. The predicted molar refractivity (Wildman–Crippen MR) is 59.2 cm³/mol. The van der Waals surface area contributed by atoms with Gasteiger partial charge < -0.3 is 5.11 Å². The molecule has 0 bridgehead atoms. The molecule has 5 heteroatoms. The molecule has 0 aliphatic rings. The molecule has 1 N–H and O–H groups in total. The van der Waals surface area contributed by atoms with Crippen LogP contribution in [0.4, 0.5) is 0 Å². The molecule has 2 rings (SSSR count). The van der Waals surface area contributed by atoms with Crippen molar-refractivity contribution in [2.24, 2.45) is 0 Å². The van der Waals surface area contributed by atoms with Gasteiger partial charge in [0.1, 0.15) is 0 Å². The Morgan fingerprint density at radius 2 is 2.06 bits per heavy atom. The number of aliphatic hydroxyl groups is 1.